The van der Waals surface area contributed by atoms with Crippen LogP contribution in [0.1, 0.15) is 39.2 Å². The second kappa shape index (κ2) is 8.24. The highest BCUT2D eigenvalue weighted by molar-refractivity contribution is 7.16. The van der Waals surface area contributed by atoms with Gasteiger partial charge in [-0.3, -0.25) is 9.89 Å². The van der Waals surface area contributed by atoms with Crippen molar-refractivity contribution in [2.24, 2.45) is 4.99 Å². The van der Waals surface area contributed by atoms with Gasteiger partial charge in [-0.25, -0.2) is 9.78 Å². The first-order valence-corrected chi connectivity index (χ1v) is 11.1. The van der Waals surface area contributed by atoms with Gasteiger partial charge in [0.15, 0.2) is 0 Å². The number of benzene rings is 1. The molecule has 3 heterocycles. The van der Waals surface area contributed by atoms with Crippen LogP contribution in [0, 0.1) is 0 Å². The first kappa shape index (κ1) is 20.0. The molecular formula is C22H28N4O2S. The molecule has 1 aromatic heterocycles. The summed E-state index contributed by atoms with van der Waals surface area (Å²) >= 11 is 1.66. The van der Waals surface area contributed by atoms with Gasteiger partial charge >= 0.3 is 6.09 Å². The molecule has 0 aliphatic carbocycles. The summed E-state index contributed by atoms with van der Waals surface area (Å²) in [5.74, 6) is 0. The molecular weight excluding hydrogens is 384 g/mol. The van der Waals surface area contributed by atoms with E-state index in [0.29, 0.717) is 19.1 Å². The third-order valence-corrected chi connectivity index (χ3v) is 6.06. The van der Waals surface area contributed by atoms with Crippen molar-refractivity contribution in [1.82, 2.24) is 14.8 Å². The van der Waals surface area contributed by atoms with Gasteiger partial charge in [-0.2, -0.15) is 0 Å². The Morgan fingerprint density at radius 1 is 1.21 bits per heavy atom. The van der Waals surface area contributed by atoms with Crippen molar-refractivity contribution in [2.75, 3.05) is 26.2 Å². The molecule has 2 aliphatic heterocycles. The first-order chi connectivity index (χ1) is 13.9. The third-order valence-electron chi connectivity index (χ3n) is 5.25. The summed E-state index contributed by atoms with van der Waals surface area (Å²) in [5, 5.41) is 0. The smallest absolute Gasteiger partial charge is 0.410 e. The minimum absolute atomic E-state index is 0.215. The second-order valence-electron chi connectivity index (χ2n) is 8.55. The number of carbonyl (C=O) groups is 1. The van der Waals surface area contributed by atoms with Crippen molar-refractivity contribution in [3.05, 3.63) is 35.3 Å². The molecule has 2 aliphatic rings. The molecule has 154 valence electrons. The van der Waals surface area contributed by atoms with E-state index < -0.39 is 5.60 Å². The van der Waals surface area contributed by atoms with Crippen molar-refractivity contribution >= 4 is 39.6 Å². The maximum atomic E-state index is 12.3. The number of hydrogen-bond acceptors (Lipinski definition) is 6. The maximum absolute atomic E-state index is 12.3. The van der Waals surface area contributed by atoms with Crippen LogP contribution in [-0.2, 0) is 4.74 Å². The van der Waals surface area contributed by atoms with Crippen LogP contribution in [0.25, 0.3) is 15.9 Å². The summed E-state index contributed by atoms with van der Waals surface area (Å²) in [4.78, 5) is 25.7. The van der Waals surface area contributed by atoms with E-state index in [4.69, 9.17) is 9.73 Å². The Hall–Kier alpha value is -2.25. The van der Waals surface area contributed by atoms with Crippen LogP contribution in [0.2, 0.25) is 0 Å². The molecule has 1 saturated heterocycles. The van der Waals surface area contributed by atoms with E-state index in [0.717, 1.165) is 42.7 Å². The molecule has 29 heavy (non-hydrogen) atoms. The molecule has 0 saturated carbocycles. The molecule has 4 rings (SSSR count). The summed E-state index contributed by atoms with van der Waals surface area (Å²) in [5.41, 5.74) is 4.60. The number of rotatable bonds is 2. The van der Waals surface area contributed by atoms with Crippen LogP contribution in [0.15, 0.2) is 34.8 Å². The highest BCUT2D eigenvalue weighted by Crippen LogP contribution is 2.26. The lowest BCUT2D eigenvalue weighted by Gasteiger charge is -2.38. The van der Waals surface area contributed by atoms with Crippen molar-refractivity contribution in [3.8, 4) is 0 Å². The Labute approximate surface area is 175 Å². The Morgan fingerprint density at radius 2 is 2.00 bits per heavy atom. The molecule has 6 nitrogen and oxygen atoms in total. The van der Waals surface area contributed by atoms with Crippen molar-refractivity contribution in [2.45, 2.75) is 45.3 Å². The average molecular weight is 413 g/mol. The molecule has 0 bridgehead atoms. The summed E-state index contributed by atoms with van der Waals surface area (Å²) in [6.45, 7) is 8.78. The van der Waals surface area contributed by atoms with E-state index in [1.165, 1.54) is 4.70 Å². The lowest BCUT2D eigenvalue weighted by atomic mass is 10.1. The number of nitrogens with zero attached hydrogens (tertiary/aromatic N) is 4. The van der Waals surface area contributed by atoms with E-state index in [9.17, 15) is 4.79 Å². The van der Waals surface area contributed by atoms with E-state index in [2.05, 4.69) is 40.4 Å². The summed E-state index contributed by atoms with van der Waals surface area (Å²) in [6, 6.07) is 6.67. The van der Waals surface area contributed by atoms with Gasteiger partial charge in [0.2, 0.25) is 0 Å². The minimum Gasteiger partial charge on any atom is -0.444 e. The fourth-order valence-corrected chi connectivity index (χ4v) is 4.39. The zero-order chi connectivity index (χ0) is 20.4. The number of thiazole rings is 1. The van der Waals surface area contributed by atoms with Gasteiger partial charge in [-0.15, -0.1) is 11.3 Å². The van der Waals surface area contributed by atoms with Gasteiger partial charge in [0.25, 0.3) is 0 Å². The molecule has 1 amide bonds. The van der Waals surface area contributed by atoms with E-state index in [-0.39, 0.29) is 6.09 Å². The number of carbonyl (C=O) groups excluding carboxylic acids is 1. The van der Waals surface area contributed by atoms with E-state index in [1.807, 2.05) is 31.2 Å². The zero-order valence-corrected chi connectivity index (χ0v) is 18.1. The van der Waals surface area contributed by atoms with Gasteiger partial charge in [0.1, 0.15) is 5.60 Å². The van der Waals surface area contributed by atoms with Crippen LogP contribution in [0.4, 0.5) is 4.79 Å². The molecule has 0 spiro atoms. The van der Waals surface area contributed by atoms with Gasteiger partial charge in [0.05, 0.1) is 21.4 Å². The number of aromatic nitrogens is 1. The molecule has 1 aromatic carbocycles. The fraction of sp³-hybridized carbons (Fsp3) is 0.500. The number of hydrogen-bond donors (Lipinski definition) is 0. The van der Waals surface area contributed by atoms with Crippen LogP contribution in [0.5, 0.6) is 0 Å². The molecule has 0 N–H and O–H groups in total. The average Bonchev–Trinajstić information content (AvgIpc) is 3.01. The lowest BCUT2D eigenvalue weighted by Crippen LogP contribution is -2.53. The topological polar surface area (TPSA) is 58.0 Å². The van der Waals surface area contributed by atoms with Crippen LogP contribution < -0.4 is 0 Å². The number of ether oxygens (including phenoxy) is 1. The molecule has 0 radical (unpaired) electrons. The fourth-order valence-electron chi connectivity index (χ4n) is 3.73. The van der Waals surface area contributed by atoms with Crippen LogP contribution in [-0.4, -0.2) is 64.9 Å². The van der Waals surface area contributed by atoms with Gasteiger partial charge in [0, 0.05) is 44.0 Å². The monoisotopic (exact) mass is 412 g/mol. The Bertz CT molecular complexity index is 936. The number of allylic oxidation sites excluding steroid dienone is 1. The van der Waals surface area contributed by atoms with E-state index >= 15 is 0 Å². The summed E-state index contributed by atoms with van der Waals surface area (Å²) in [7, 11) is 0. The van der Waals surface area contributed by atoms with Crippen molar-refractivity contribution in [3.63, 3.8) is 0 Å². The predicted octanol–water partition coefficient (Wildman–Crippen LogP) is 4.42. The standard InChI is InChI=1S/C22H28N4O2S/c1-22(2,3)28-21(27)26-11-9-25(10-12-26)17-5-4-6-18(23-14-17)16-7-8-20-19(13-16)24-15-29-20/h6-8,13-15,17H,4-5,9-12H2,1-3H3. The number of amides is 1. The minimum atomic E-state index is -0.453. The molecule has 2 aromatic rings. The van der Waals surface area contributed by atoms with Crippen molar-refractivity contribution in [1.29, 1.82) is 0 Å². The number of piperazine rings is 1. The molecule has 1 unspecified atom stereocenters. The third kappa shape index (κ3) is 4.85. The summed E-state index contributed by atoms with van der Waals surface area (Å²) in [6.07, 6.45) is 6.11. The van der Waals surface area contributed by atoms with Gasteiger partial charge in [-0.05, 0) is 45.7 Å². The molecule has 7 heteroatoms. The normalized spacial score (nSPS) is 21.1. The molecule has 1 fully saturated rings. The Morgan fingerprint density at radius 3 is 2.76 bits per heavy atom. The highest BCUT2D eigenvalue weighted by atomic mass is 32.1. The Balaban J connectivity index is 1.37. The number of aliphatic imine (C=N–C) groups is 1. The first-order valence-electron chi connectivity index (χ1n) is 10.2. The SMILES string of the molecule is CC(C)(C)OC(=O)N1CCN(C2C=NC(c3ccc4scnc4c3)=CCC2)CC1. The Kier molecular flexibility index (Phi) is 5.69. The lowest BCUT2D eigenvalue weighted by molar-refractivity contribution is 0.0129. The predicted molar refractivity (Wildman–Crippen MR) is 118 cm³/mol. The van der Waals surface area contributed by atoms with Gasteiger partial charge in [-0.1, -0.05) is 12.1 Å². The van der Waals surface area contributed by atoms with E-state index in [1.54, 1.807) is 11.3 Å². The summed E-state index contributed by atoms with van der Waals surface area (Å²) < 4.78 is 6.70. The molecule has 1 atom stereocenters. The highest BCUT2D eigenvalue weighted by Gasteiger charge is 2.28. The maximum Gasteiger partial charge on any atom is 0.410 e. The second-order valence-corrected chi connectivity index (χ2v) is 9.44. The number of fused-ring (bicyclic) bond motifs is 1. The van der Waals surface area contributed by atoms with Crippen LogP contribution in [0.3, 0.4) is 0 Å². The zero-order valence-electron chi connectivity index (χ0n) is 17.3. The van der Waals surface area contributed by atoms with Gasteiger partial charge < -0.3 is 9.64 Å². The quantitative estimate of drug-likeness (QED) is 0.732. The van der Waals surface area contributed by atoms with Crippen LogP contribution >= 0.6 is 11.3 Å². The van der Waals surface area contributed by atoms with Crippen molar-refractivity contribution < 1.29 is 9.53 Å². The largest absolute Gasteiger partial charge is 0.444 e.